The van der Waals surface area contributed by atoms with Crippen molar-refractivity contribution in [2.75, 3.05) is 24.7 Å². The number of amides is 1. The highest BCUT2D eigenvalue weighted by atomic mass is 32.2. The Kier molecular flexibility index (Phi) is 2.48. The number of carbonyl (C=O) groups excluding carboxylic acids is 1. The Hall–Kier alpha value is -0.620. The average Bonchev–Trinajstić information content (AvgIpc) is 2.38. The number of sulfone groups is 1. The maximum atomic E-state index is 11.5. The summed E-state index contributed by atoms with van der Waals surface area (Å²) in [5, 5.41) is 2.77. The molecule has 1 amide bonds. The van der Waals surface area contributed by atoms with Crippen molar-refractivity contribution in [1.82, 2.24) is 5.32 Å². The fourth-order valence-electron chi connectivity index (χ4n) is 1.64. The van der Waals surface area contributed by atoms with E-state index < -0.39 is 9.84 Å². The zero-order chi connectivity index (χ0) is 10.2. The summed E-state index contributed by atoms with van der Waals surface area (Å²) >= 11 is 0. The highest BCUT2D eigenvalue weighted by Crippen LogP contribution is 2.18. The second-order valence-corrected chi connectivity index (χ2v) is 6.07. The molecule has 2 aliphatic rings. The number of hydrogen-bond donors (Lipinski definition) is 1. The molecule has 2 rings (SSSR count). The van der Waals surface area contributed by atoms with Gasteiger partial charge in [0.1, 0.15) is 0 Å². The van der Waals surface area contributed by atoms with Gasteiger partial charge in [-0.2, -0.15) is 0 Å². The summed E-state index contributed by atoms with van der Waals surface area (Å²) in [6, 6.07) is 0.0887. The molecule has 5 nitrogen and oxygen atoms in total. The third kappa shape index (κ3) is 2.06. The standard InChI is InChI=1S/C8H13NO4S/c10-8(9-7-3-13-4-7)6-1-2-14(11,12)5-6/h6-7H,1-5H2,(H,9,10). The van der Waals surface area contributed by atoms with E-state index in [0.29, 0.717) is 19.6 Å². The SMILES string of the molecule is O=C(NC1COC1)C1CCS(=O)(=O)C1. The van der Waals surface area contributed by atoms with Crippen LogP contribution in [0.1, 0.15) is 6.42 Å². The smallest absolute Gasteiger partial charge is 0.224 e. The van der Waals surface area contributed by atoms with Crippen molar-refractivity contribution in [2.45, 2.75) is 12.5 Å². The Morgan fingerprint density at radius 1 is 1.36 bits per heavy atom. The summed E-state index contributed by atoms with van der Waals surface area (Å²) in [5.74, 6) is -0.335. The van der Waals surface area contributed by atoms with Crippen LogP contribution in [0.25, 0.3) is 0 Å². The first-order valence-electron chi connectivity index (χ1n) is 4.65. The van der Waals surface area contributed by atoms with Crippen molar-refractivity contribution in [3.8, 4) is 0 Å². The number of rotatable bonds is 2. The molecule has 0 radical (unpaired) electrons. The fraction of sp³-hybridized carbons (Fsp3) is 0.875. The molecular formula is C8H13NO4S. The quantitative estimate of drug-likeness (QED) is 0.642. The number of carbonyl (C=O) groups is 1. The number of ether oxygens (including phenoxy) is 1. The molecule has 14 heavy (non-hydrogen) atoms. The molecule has 2 aliphatic heterocycles. The molecule has 0 aliphatic carbocycles. The molecular weight excluding hydrogens is 206 g/mol. The summed E-state index contributed by atoms with van der Waals surface area (Å²) in [5.41, 5.74) is 0. The molecule has 0 aromatic carbocycles. The van der Waals surface area contributed by atoms with Crippen LogP contribution < -0.4 is 5.32 Å². The van der Waals surface area contributed by atoms with Crippen LogP contribution in [0.15, 0.2) is 0 Å². The minimum atomic E-state index is -2.96. The molecule has 80 valence electrons. The highest BCUT2D eigenvalue weighted by molar-refractivity contribution is 7.91. The van der Waals surface area contributed by atoms with E-state index in [9.17, 15) is 13.2 Å². The van der Waals surface area contributed by atoms with E-state index in [1.807, 2.05) is 0 Å². The monoisotopic (exact) mass is 219 g/mol. The van der Waals surface area contributed by atoms with E-state index >= 15 is 0 Å². The first kappa shape index (κ1) is 9.92. The first-order valence-corrected chi connectivity index (χ1v) is 6.47. The zero-order valence-corrected chi connectivity index (χ0v) is 8.55. The Balaban J connectivity index is 1.86. The van der Waals surface area contributed by atoms with Gasteiger partial charge in [-0.05, 0) is 6.42 Å². The minimum absolute atomic E-state index is 0.00636. The minimum Gasteiger partial charge on any atom is -0.377 e. The second kappa shape index (κ2) is 3.51. The van der Waals surface area contributed by atoms with Gasteiger partial charge in [-0.15, -0.1) is 0 Å². The predicted molar refractivity (Wildman–Crippen MR) is 49.5 cm³/mol. The van der Waals surface area contributed by atoms with E-state index in [1.165, 1.54) is 0 Å². The fourth-order valence-corrected chi connectivity index (χ4v) is 3.38. The molecule has 0 bridgehead atoms. The summed E-state index contributed by atoms with van der Waals surface area (Å²) in [6.07, 6.45) is 0.460. The first-order chi connectivity index (χ1) is 6.57. The van der Waals surface area contributed by atoms with Gasteiger partial charge < -0.3 is 10.1 Å². The lowest BCUT2D eigenvalue weighted by molar-refractivity contribution is -0.128. The van der Waals surface area contributed by atoms with Crippen LogP contribution in [0.3, 0.4) is 0 Å². The van der Waals surface area contributed by atoms with Gasteiger partial charge >= 0.3 is 0 Å². The Bertz CT molecular complexity index is 333. The third-order valence-corrected chi connectivity index (χ3v) is 4.36. The van der Waals surface area contributed by atoms with Gasteiger partial charge in [0.2, 0.25) is 5.91 Å². The van der Waals surface area contributed by atoms with Crippen molar-refractivity contribution in [1.29, 1.82) is 0 Å². The van der Waals surface area contributed by atoms with E-state index in [2.05, 4.69) is 5.32 Å². The largest absolute Gasteiger partial charge is 0.377 e. The molecule has 2 heterocycles. The van der Waals surface area contributed by atoms with Crippen molar-refractivity contribution in [3.63, 3.8) is 0 Å². The molecule has 1 unspecified atom stereocenters. The maximum absolute atomic E-state index is 11.5. The number of nitrogens with one attached hydrogen (secondary N) is 1. The highest BCUT2D eigenvalue weighted by Gasteiger charge is 2.34. The maximum Gasteiger partial charge on any atom is 0.224 e. The van der Waals surface area contributed by atoms with Crippen LogP contribution >= 0.6 is 0 Å². The van der Waals surface area contributed by atoms with Crippen LogP contribution in [0.2, 0.25) is 0 Å². The second-order valence-electron chi connectivity index (χ2n) is 3.84. The molecule has 0 spiro atoms. The summed E-state index contributed by atoms with van der Waals surface area (Å²) in [4.78, 5) is 11.5. The molecule has 0 aromatic heterocycles. The molecule has 2 saturated heterocycles. The zero-order valence-electron chi connectivity index (χ0n) is 7.73. The summed E-state index contributed by atoms with van der Waals surface area (Å²) in [6.45, 7) is 1.09. The molecule has 0 saturated carbocycles. The molecule has 2 fully saturated rings. The third-order valence-electron chi connectivity index (χ3n) is 2.59. The van der Waals surface area contributed by atoms with Gasteiger partial charge in [0.15, 0.2) is 9.84 Å². The molecule has 1 N–H and O–H groups in total. The van der Waals surface area contributed by atoms with Gasteiger partial charge in [0.05, 0.1) is 36.7 Å². The van der Waals surface area contributed by atoms with E-state index in [0.717, 1.165) is 0 Å². The van der Waals surface area contributed by atoms with Crippen molar-refractivity contribution in [2.24, 2.45) is 5.92 Å². The topological polar surface area (TPSA) is 72.5 Å². The van der Waals surface area contributed by atoms with Crippen molar-refractivity contribution < 1.29 is 17.9 Å². The van der Waals surface area contributed by atoms with Gasteiger partial charge in [0, 0.05) is 0 Å². The van der Waals surface area contributed by atoms with Gasteiger partial charge in [0.25, 0.3) is 0 Å². The average molecular weight is 219 g/mol. The predicted octanol–water partition coefficient (Wildman–Crippen LogP) is -1.06. The van der Waals surface area contributed by atoms with Crippen LogP contribution in [0, 0.1) is 5.92 Å². The lowest BCUT2D eigenvalue weighted by Crippen LogP contribution is -2.50. The van der Waals surface area contributed by atoms with E-state index in [1.54, 1.807) is 0 Å². The van der Waals surface area contributed by atoms with Crippen molar-refractivity contribution in [3.05, 3.63) is 0 Å². The van der Waals surface area contributed by atoms with Crippen LogP contribution in [-0.2, 0) is 19.4 Å². The lowest BCUT2D eigenvalue weighted by atomic mass is 10.1. The Morgan fingerprint density at radius 2 is 2.07 bits per heavy atom. The van der Waals surface area contributed by atoms with Crippen molar-refractivity contribution >= 4 is 15.7 Å². The summed E-state index contributed by atoms with van der Waals surface area (Å²) < 4.78 is 27.1. The summed E-state index contributed by atoms with van der Waals surface area (Å²) in [7, 11) is -2.96. The number of hydrogen-bond acceptors (Lipinski definition) is 4. The van der Waals surface area contributed by atoms with Gasteiger partial charge in [-0.1, -0.05) is 0 Å². The Morgan fingerprint density at radius 3 is 2.50 bits per heavy atom. The normalized spacial score (nSPS) is 31.0. The van der Waals surface area contributed by atoms with E-state index in [-0.39, 0.29) is 29.4 Å². The van der Waals surface area contributed by atoms with Crippen LogP contribution in [0.5, 0.6) is 0 Å². The van der Waals surface area contributed by atoms with Gasteiger partial charge in [-0.3, -0.25) is 4.79 Å². The van der Waals surface area contributed by atoms with Crippen LogP contribution in [-0.4, -0.2) is 45.1 Å². The van der Waals surface area contributed by atoms with Crippen LogP contribution in [0.4, 0.5) is 0 Å². The molecule has 0 aromatic rings. The van der Waals surface area contributed by atoms with Gasteiger partial charge in [-0.25, -0.2) is 8.42 Å². The lowest BCUT2D eigenvalue weighted by Gasteiger charge is -2.27. The van der Waals surface area contributed by atoms with E-state index in [4.69, 9.17) is 4.74 Å². The molecule has 6 heteroatoms. The Labute approximate surface area is 82.7 Å². The molecule has 1 atom stereocenters.